The number of hydrogen-bond acceptors (Lipinski definition) is 1. The van der Waals surface area contributed by atoms with Crippen molar-refractivity contribution in [1.29, 1.82) is 0 Å². The first kappa shape index (κ1) is 14.4. The van der Waals surface area contributed by atoms with Gasteiger partial charge in [-0.1, -0.05) is 49.1 Å². The highest BCUT2D eigenvalue weighted by atomic mass is 16.5. The van der Waals surface area contributed by atoms with Crippen LogP contribution in [0.4, 0.5) is 0 Å². The van der Waals surface area contributed by atoms with Gasteiger partial charge in [0.25, 0.3) is 0 Å². The molecule has 2 aromatic carbocycles. The normalized spacial score (nSPS) is 10.3. The van der Waals surface area contributed by atoms with Crippen LogP contribution in [0, 0.1) is 13.8 Å². The second-order valence-electron chi connectivity index (χ2n) is 5.17. The Morgan fingerprint density at radius 1 is 1.05 bits per heavy atom. The van der Waals surface area contributed by atoms with E-state index in [4.69, 9.17) is 4.74 Å². The minimum atomic E-state index is 0.757. The fourth-order valence-electron chi connectivity index (χ4n) is 2.14. The number of benzene rings is 2. The summed E-state index contributed by atoms with van der Waals surface area (Å²) in [6, 6.07) is 14.9. The van der Waals surface area contributed by atoms with Crippen LogP contribution in [0.1, 0.15) is 28.7 Å². The molecule has 0 aliphatic heterocycles. The maximum absolute atomic E-state index is 5.87. The van der Waals surface area contributed by atoms with E-state index in [1.54, 1.807) is 0 Å². The van der Waals surface area contributed by atoms with Crippen molar-refractivity contribution in [2.24, 2.45) is 0 Å². The van der Waals surface area contributed by atoms with E-state index < -0.39 is 0 Å². The molecule has 0 unspecified atom stereocenters. The Kier molecular flexibility index (Phi) is 5.00. The Bertz CT molecular complexity index is 567. The molecule has 104 valence electrons. The number of ether oxygens (including phenoxy) is 1. The van der Waals surface area contributed by atoms with Gasteiger partial charge in [-0.3, -0.25) is 0 Å². The zero-order chi connectivity index (χ0) is 14.4. The lowest BCUT2D eigenvalue weighted by molar-refractivity contribution is 0.309. The Balaban J connectivity index is 1.81. The van der Waals surface area contributed by atoms with Crippen molar-refractivity contribution in [3.05, 3.63) is 71.3 Å². The molecular weight excluding hydrogens is 244 g/mol. The summed E-state index contributed by atoms with van der Waals surface area (Å²) >= 11 is 0. The fourth-order valence-corrected chi connectivity index (χ4v) is 2.14. The Morgan fingerprint density at radius 2 is 1.80 bits per heavy atom. The molecule has 0 aliphatic rings. The first-order valence-electron chi connectivity index (χ1n) is 7.10. The molecule has 0 atom stereocenters. The standard InChI is InChI=1S/C19H22O/c1-4-17-9-11-18(12-10-17)6-5-13-20-19-14-15(2)7-8-16(19)3/h4,7-12,14H,1,5-6,13H2,2-3H3. The van der Waals surface area contributed by atoms with E-state index in [-0.39, 0.29) is 0 Å². The van der Waals surface area contributed by atoms with E-state index in [1.165, 1.54) is 22.3 Å². The van der Waals surface area contributed by atoms with Gasteiger partial charge in [0, 0.05) is 0 Å². The van der Waals surface area contributed by atoms with Crippen molar-refractivity contribution in [3.63, 3.8) is 0 Å². The molecule has 2 aromatic rings. The van der Waals surface area contributed by atoms with Gasteiger partial charge in [0.1, 0.15) is 5.75 Å². The van der Waals surface area contributed by atoms with Crippen LogP contribution in [0.3, 0.4) is 0 Å². The van der Waals surface area contributed by atoms with E-state index in [9.17, 15) is 0 Å². The second kappa shape index (κ2) is 6.95. The van der Waals surface area contributed by atoms with Gasteiger partial charge >= 0.3 is 0 Å². The molecule has 0 saturated carbocycles. The first-order chi connectivity index (χ1) is 9.69. The summed E-state index contributed by atoms with van der Waals surface area (Å²) in [5.74, 6) is 1.01. The summed E-state index contributed by atoms with van der Waals surface area (Å²) in [4.78, 5) is 0. The SMILES string of the molecule is C=Cc1ccc(CCCOc2cc(C)ccc2C)cc1. The zero-order valence-electron chi connectivity index (χ0n) is 12.4. The molecule has 0 aromatic heterocycles. The van der Waals surface area contributed by atoms with Gasteiger partial charge in [-0.05, 0) is 55.0 Å². The van der Waals surface area contributed by atoms with Crippen molar-refractivity contribution in [2.75, 3.05) is 6.61 Å². The maximum Gasteiger partial charge on any atom is 0.122 e. The Labute approximate surface area is 121 Å². The minimum Gasteiger partial charge on any atom is -0.493 e. The molecule has 1 nitrogen and oxygen atoms in total. The molecule has 2 rings (SSSR count). The average Bonchev–Trinajstić information content (AvgIpc) is 2.47. The van der Waals surface area contributed by atoms with Gasteiger partial charge < -0.3 is 4.74 Å². The first-order valence-corrected chi connectivity index (χ1v) is 7.10. The van der Waals surface area contributed by atoms with Crippen LogP contribution in [0.25, 0.3) is 6.08 Å². The van der Waals surface area contributed by atoms with Gasteiger partial charge in [0.05, 0.1) is 6.61 Å². The molecule has 0 bridgehead atoms. The highest BCUT2D eigenvalue weighted by Crippen LogP contribution is 2.19. The average molecular weight is 266 g/mol. The predicted octanol–water partition coefficient (Wildman–Crippen LogP) is 4.96. The number of hydrogen-bond donors (Lipinski definition) is 0. The van der Waals surface area contributed by atoms with Crippen LogP contribution in [-0.4, -0.2) is 6.61 Å². The van der Waals surface area contributed by atoms with Crippen molar-refractivity contribution in [3.8, 4) is 5.75 Å². The quantitative estimate of drug-likeness (QED) is 0.672. The molecule has 0 N–H and O–H groups in total. The highest BCUT2D eigenvalue weighted by molar-refractivity contribution is 5.47. The second-order valence-corrected chi connectivity index (χ2v) is 5.17. The summed E-state index contributed by atoms with van der Waals surface area (Å²) < 4.78 is 5.87. The lowest BCUT2D eigenvalue weighted by atomic mass is 10.1. The highest BCUT2D eigenvalue weighted by Gasteiger charge is 2.00. The molecular formula is C19H22O. The lowest BCUT2D eigenvalue weighted by Crippen LogP contribution is -2.01. The predicted molar refractivity (Wildman–Crippen MR) is 86.3 cm³/mol. The molecule has 0 fully saturated rings. The van der Waals surface area contributed by atoms with E-state index in [0.29, 0.717) is 0 Å². The van der Waals surface area contributed by atoms with E-state index >= 15 is 0 Å². The molecule has 0 spiro atoms. The van der Waals surface area contributed by atoms with Crippen LogP contribution in [0.5, 0.6) is 5.75 Å². The van der Waals surface area contributed by atoms with E-state index in [2.05, 4.69) is 62.9 Å². The summed E-state index contributed by atoms with van der Waals surface area (Å²) in [6.45, 7) is 8.70. The minimum absolute atomic E-state index is 0.757. The van der Waals surface area contributed by atoms with E-state index in [0.717, 1.165) is 25.2 Å². The maximum atomic E-state index is 5.87. The van der Waals surface area contributed by atoms with Crippen LogP contribution in [-0.2, 0) is 6.42 Å². The number of rotatable bonds is 6. The van der Waals surface area contributed by atoms with Crippen molar-refractivity contribution in [2.45, 2.75) is 26.7 Å². The number of aryl methyl sites for hydroxylation is 3. The summed E-state index contributed by atoms with van der Waals surface area (Å²) in [5.41, 5.74) is 4.96. The van der Waals surface area contributed by atoms with Gasteiger partial charge in [-0.2, -0.15) is 0 Å². The van der Waals surface area contributed by atoms with Crippen molar-refractivity contribution < 1.29 is 4.74 Å². The smallest absolute Gasteiger partial charge is 0.122 e. The molecule has 0 radical (unpaired) electrons. The molecule has 20 heavy (non-hydrogen) atoms. The molecule has 0 aliphatic carbocycles. The fraction of sp³-hybridized carbons (Fsp3) is 0.263. The Morgan fingerprint density at radius 3 is 2.50 bits per heavy atom. The van der Waals surface area contributed by atoms with E-state index in [1.807, 2.05) is 6.08 Å². The summed E-state index contributed by atoms with van der Waals surface area (Å²) in [7, 11) is 0. The third-order valence-corrected chi connectivity index (χ3v) is 3.43. The van der Waals surface area contributed by atoms with Crippen LogP contribution in [0.15, 0.2) is 49.0 Å². The molecule has 0 heterocycles. The van der Waals surface area contributed by atoms with Crippen LogP contribution >= 0.6 is 0 Å². The van der Waals surface area contributed by atoms with Crippen molar-refractivity contribution in [1.82, 2.24) is 0 Å². The molecule has 1 heteroatoms. The lowest BCUT2D eigenvalue weighted by Gasteiger charge is -2.10. The molecule has 0 amide bonds. The van der Waals surface area contributed by atoms with Crippen molar-refractivity contribution >= 4 is 6.08 Å². The van der Waals surface area contributed by atoms with Gasteiger partial charge in [-0.25, -0.2) is 0 Å². The largest absolute Gasteiger partial charge is 0.493 e. The monoisotopic (exact) mass is 266 g/mol. The third-order valence-electron chi connectivity index (χ3n) is 3.43. The molecule has 0 saturated heterocycles. The Hall–Kier alpha value is -2.02. The van der Waals surface area contributed by atoms with Gasteiger partial charge in [0.2, 0.25) is 0 Å². The zero-order valence-corrected chi connectivity index (χ0v) is 12.4. The van der Waals surface area contributed by atoms with Crippen LogP contribution < -0.4 is 4.74 Å². The summed E-state index contributed by atoms with van der Waals surface area (Å²) in [5, 5.41) is 0. The summed E-state index contributed by atoms with van der Waals surface area (Å²) in [6.07, 6.45) is 3.94. The topological polar surface area (TPSA) is 9.23 Å². The third kappa shape index (κ3) is 3.99. The van der Waals surface area contributed by atoms with Gasteiger partial charge in [0.15, 0.2) is 0 Å². The van der Waals surface area contributed by atoms with Crippen LogP contribution in [0.2, 0.25) is 0 Å². The van der Waals surface area contributed by atoms with Gasteiger partial charge in [-0.15, -0.1) is 0 Å².